The fourth-order valence-electron chi connectivity index (χ4n) is 2.08. The standard InChI is InChI=1S/2C9H9F3/c2*1-6-3-4-7(2)8(5-6)9(10,11)12/h2*3-5H,1-2H3. The quantitative estimate of drug-likeness (QED) is 0.468. The van der Waals surface area contributed by atoms with Crippen molar-refractivity contribution in [1.82, 2.24) is 0 Å². The summed E-state index contributed by atoms with van der Waals surface area (Å²) < 4.78 is 73.4. The van der Waals surface area contributed by atoms with Gasteiger partial charge in [0.25, 0.3) is 0 Å². The summed E-state index contributed by atoms with van der Waals surface area (Å²) in [7, 11) is 0. The molecule has 0 unspecified atom stereocenters. The van der Waals surface area contributed by atoms with Crippen LogP contribution in [0.1, 0.15) is 33.4 Å². The Morgan fingerprint density at radius 3 is 1.04 bits per heavy atom. The number of halogens is 6. The highest BCUT2D eigenvalue weighted by atomic mass is 19.4. The van der Waals surface area contributed by atoms with E-state index in [-0.39, 0.29) is 11.1 Å². The van der Waals surface area contributed by atoms with Gasteiger partial charge in [-0.05, 0) is 51.0 Å². The number of rotatable bonds is 0. The molecule has 2 aromatic carbocycles. The molecular weight excluding hydrogens is 330 g/mol. The maximum atomic E-state index is 12.2. The lowest BCUT2D eigenvalue weighted by Gasteiger charge is -2.10. The van der Waals surface area contributed by atoms with Gasteiger partial charge >= 0.3 is 12.4 Å². The first-order chi connectivity index (χ1) is 10.8. The number of alkyl halides is 6. The number of hydrogen-bond acceptors (Lipinski definition) is 0. The van der Waals surface area contributed by atoms with Crippen LogP contribution in [0.5, 0.6) is 0 Å². The van der Waals surface area contributed by atoms with Crippen LogP contribution >= 0.6 is 0 Å². The predicted molar refractivity (Wildman–Crippen MR) is 81.8 cm³/mol. The van der Waals surface area contributed by atoms with E-state index in [1.165, 1.54) is 26.0 Å². The van der Waals surface area contributed by atoms with E-state index in [4.69, 9.17) is 0 Å². The molecule has 132 valence electrons. The van der Waals surface area contributed by atoms with Gasteiger partial charge in [0, 0.05) is 0 Å². The summed E-state index contributed by atoms with van der Waals surface area (Å²) in [6.07, 6.45) is -8.45. The highest BCUT2D eigenvalue weighted by Crippen LogP contribution is 2.32. The summed E-state index contributed by atoms with van der Waals surface area (Å²) >= 11 is 0. The number of aryl methyl sites for hydroxylation is 4. The molecule has 0 aliphatic rings. The van der Waals surface area contributed by atoms with E-state index in [1.807, 2.05) is 0 Å². The van der Waals surface area contributed by atoms with Gasteiger partial charge in [-0.1, -0.05) is 35.4 Å². The van der Waals surface area contributed by atoms with Gasteiger partial charge < -0.3 is 0 Å². The summed E-state index contributed by atoms with van der Waals surface area (Å²) in [6.45, 7) is 6.22. The summed E-state index contributed by atoms with van der Waals surface area (Å²) in [5, 5.41) is 0. The largest absolute Gasteiger partial charge is 0.416 e. The topological polar surface area (TPSA) is 0 Å². The van der Waals surface area contributed by atoms with Crippen LogP contribution in [0.25, 0.3) is 0 Å². The summed E-state index contributed by atoms with van der Waals surface area (Å²) in [5.41, 5.74) is 0.729. The van der Waals surface area contributed by atoms with E-state index in [1.54, 1.807) is 26.0 Å². The zero-order valence-corrected chi connectivity index (χ0v) is 13.7. The van der Waals surface area contributed by atoms with E-state index in [9.17, 15) is 26.3 Å². The molecule has 0 amide bonds. The molecule has 0 nitrogen and oxygen atoms in total. The summed E-state index contributed by atoms with van der Waals surface area (Å²) in [4.78, 5) is 0. The molecule has 24 heavy (non-hydrogen) atoms. The van der Waals surface area contributed by atoms with Crippen LogP contribution in [-0.4, -0.2) is 0 Å². The normalized spacial score (nSPS) is 11.8. The van der Waals surface area contributed by atoms with Crippen LogP contribution in [0.2, 0.25) is 0 Å². The van der Waals surface area contributed by atoms with E-state index in [0.717, 1.165) is 12.1 Å². The number of benzene rings is 2. The van der Waals surface area contributed by atoms with Crippen molar-refractivity contribution in [3.05, 3.63) is 69.8 Å². The Balaban J connectivity index is 0.000000240. The molecule has 0 N–H and O–H groups in total. The van der Waals surface area contributed by atoms with Gasteiger partial charge in [-0.2, -0.15) is 26.3 Å². The minimum Gasteiger partial charge on any atom is -0.166 e. The minimum atomic E-state index is -4.23. The van der Waals surface area contributed by atoms with Crippen LogP contribution < -0.4 is 0 Å². The van der Waals surface area contributed by atoms with E-state index < -0.39 is 23.5 Å². The lowest BCUT2D eigenvalue weighted by molar-refractivity contribution is -0.138. The number of hydrogen-bond donors (Lipinski definition) is 0. The maximum absolute atomic E-state index is 12.2. The third-order valence-corrected chi connectivity index (χ3v) is 3.40. The first kappa shape index (κ1) is 20.1. The highest BCUT2D eigenvalue weighted by molar-refractivity contribution is 5.33. The van der Waals surface area contributed by atoms with Crippen molar-refractivity contribution in [1.29, 1.82) is 0 Å². The van der Waals surface area contributed by atoms with Crippen LogP contribution in [0.15, 0.2) is 36.4 Å². The average molecular weight is 348 g/mol. The monoisotopic (exact) mass is 348 g/mol. The molecule has 6 heteroatoms. The fraction of sp³-hybridized carbons (Fsp3) is 0.333. The average Bonchev–Trinajstić information content (AvgIpc) is 2.42. The fourth-order valence-corrected chi connectivity index (χ4v) is 2.08. The van der Waals surface area contributed by atoms with Crippen molar-refractivity contribution in [2.24, 2.45) is 0 Å². The van der Waals surface area contributed by atoms with Crippen molar-refractivity contribution < 1.29 is 26.3 Å². The van der Waals surface area contributed by atoms with Crippen LogP contribution in [0, 0.1) is 27.7 Å². The third kappa shape index (κ3) is 5.58. The van der Waals surface area contributed by atoms with E-state index in [0.29, 0.717) is 11.1 Å². The highest BCUT2D eigenvalue weighted by Gasteiger charge is 2.32. The maximum Gasteiger partial charge on any atom is 0.416 e. The van der Waals surface area contributed by atoms with Gasteiger partial charge in [-0.25, -0.2) is 0 Å². The Morgan fingerprint density at radius 1 is 0.542 bits per heavy atom. The van der Waals surface area contributed by atoms with Crippen molar-refractivity contribution in [3.63, 3.8) is 0 Å². The Morgan fingerprint density at radius 2 is 0.833 bits per heavy atom. The minimum absolute atomic E-state index is 0.271. The second-order valence-corrected chi connectivity index (χ2v) is 5.63. The molecule has 0 bridgehead atoms. The van der Waals surface area contributed by atoms with E-state index >= 15 is 0 Å². The predicted octanol–water partition coefficient (Wildman–Crippen LogP) is 6.64. The Hall–Kier alpha value is -1.98. The molecule has 0 aromatic heterocycles. The van der Waals surface area contributed by atoms with Crippen LogP contribution in [0.3, 0.4) is 0 Å². The summed E-state index contributed by atoms with van der Waals surface area (Å²) in [6, 6.07) is 8.64. The molecule has 0 saturated carbocycles. The van der Waals surface area contributed by atoms with Crippen molar-refractivity contribution >= 4 is 0 Å². The van der Waals surface area contributed by atoms with Crippen LogP contribution in [-0.2, 0) is 12.4 Å². The second kappa shape index (κ2) is 7.28. The molecule has 0 heterocycles. The van der Waals surface area contributed by atoms with E-state index in [2.05, 4.69) is 0 Å². The summed E-state index contributed by atoms with van der Waals surface area (Å²) in [5.74, 6) is 0. The first-order valence-electron chi connectivity index (χ1n) is 7.11. The first-order valence-corrected chi connectivity index (χ1v) is 7.11. The Labute approximate surface area is 137 Å². The van der Waals surface area contributed by atoms with Crippen molar-refractivity contribution in [3.8, 4) is 0 Å². The lowest BCUT2D eigenvalue weighted by atomic mass is 10.1. The molecule has 0 radical (unpaired) electrons. The van der Waals surface area contributed by atoms with Crippen molar-refractivity contribution in [2.45, 2.75) is 40.0 Å². The Bertz CT molecular complexity index is 634. The van der Waals surface area contributed by atoms with Crippen LogP contribution in [0.4, 0.5) is 26.3 Å². The van der Waals surface area contributed by atoms with Gasteiger partial charge in [0.15, 0.2) is 0 Å². The second-order valence-electron chi connectivity index (χ2n) is 5.63. The third-order valence-electron chi connectivity index (χ3n) is 3.40. The van der Waals surface area contributed by atoms with Crippen molar-refractivity contribution in [2.75, 3.05) is 0 Å². The zero-order valence-electron chi connectivity index (χ0n) is 13.7. The molecule has 0 saturated heterocycles. The molecule has 2 aromatic rings. The zero-order chi connectivity index (χ0) is 18.7. The molecule has 0 aliphatic carbocycles. The smallest absolute Gasteiger partial charge is 0.166 e. The molecule has 0 atom stereocenters. The van der Waals surface area contributed by atoms with Gasteiger partial charge in [0.2, 0.25) is 0 Å². The molecular formula is C18H18F6. The SMILES string of the molecule is Cc1ccc(C)c(C(F)(F)F)c1.Cc1ccc(C)c(C(F)(F)F)c1. The molecule has 0 aliphatic heterocycles. The molecule has 2 rings (SSSR count). The van der Waals surface area contributed by atoms with Gasteiger partial charge in [-0.3, -0.25) is 0 Å². The van der Waals surface area contributed by atoms with Gasteiger partial charge in [0.05, 0.1) is 11.1 Å². The lowest BCUT2D eigenvalue weighted by Crippen LogP contribution is -2.07. The Kier molecular flexibility index (Phi) is 6.09. The molecule has 0 spiro atoms. The van der Waals surface area contributed by atoms with Gasteiger partial charge in [0.1, 0.15) is 0 Å². The van der Waals surface area contributed by atoms with Gasteiger partial charge in [-0.15, -0.1) is 0 Å². The molecule has 0 fully saturated rings.